The highest BCUT2D eigenvalue weighted by Crippen LogP contribution is 2.29. The molecule has 4 heteroatoms. The third-order valence-corrected chi connectivity index (χ3v) is 4.03. The molecule has 1 saturated carbocycles. The van der Waals surface area contributed by atoms with Crippen LogP contribution in [-0.2, 0) is 0 Å². The number of carbonyl (C=O) groups excluding carboxylic acids is 1. The number of hydrogen-bond donors (Lipinski definition) is 1. The summed E-state index contributed by atoms with van der Waals surface area (Å²) in [4.78, 5) is 18.9. The molecular formula is C15H23N3O. The third kappa shape index (κ3) is 2.95. The highest BCUT2D eigenvalue weighted by atomic mass is 16.2. The molecule has 0 aliphatic heterocycles. The van der Waals surface area contributed by atoms with Crippen molar-refractivity contribution in [2.45, 2.75) is 39.2 Å². The van der Waals surface area contributed by atoms with Gasteiger partial charge in [-0.1, -0.05) is 12.5 Å². The van der Waals surface area contributed by atoms with Gasteiger partial charge in [-0.2, -0.15) is 0 Å². The summed E-state index contributed by atoms with van der Waals surface area (Å²) in [6.45, 7) is 5.32. The number of amides is 1. The molecule has 1 aliphatic rings. The molecule has 2 unspecified atom stereocenters. The normalized spacial score (nSPS) is 22.5. The molecule has 0 bridgehead atoms. The van der Waals surface area contributed by atoms with E-state index in [0.717, 1.165) is 31.5 Å². The molecule has 1 amide bonds. The fourth-order valence-electron chi connectivity index (χ4n) is 3.04. The van der Waals surface area contributed by atoms with Gasteiger partial charge in [-0.15, -0.1) is 0 Å². The quantitative estimate of drug-likeness (QED) is 0.901. The first kappa shape index (κ1) is 14.0. The fraction of sp³-hybridized carbons (Fsp3) is 0.600. The van der Waals surface area contributed by atoms with E-state index in [1.165, 1.54) is 0 Å². The van der Waals surface area contributed by atoms with Crippen LogP contribution in [0.15, 0.2) is 18.2 Å². The van der Waals surface area contributed by atoms with Crippen LogP contribution in [0.3, 0.4) is 0 Å². The highest BCUT2D eigenvalue weighted by molar-refractivity contribution is 5.92. The Kier molecular flexibility index (Phi) is 4.53. The lowest BCUT2D eigenvalue weighted by atomic mass is 10.0. The van der Waals surface area contributed by atoms with Crippen LogP contribution in [0.1, 0.15) is 42.4 Å². The lowest BCUT2D eigenvalue weighted by molar-refractivity contribution is 0.0645. The monoisotopic (exact) mass is 261 g/mol. The summed E-state index contributed by atoms with van der Waals surface area (Å²) >= 11 is 0. The standard InChI is InChI=1S/C15H23N3O/c1-3-18(14-9-5-7-12(14)10-16)15(19)13-8-4-6-11(2)17-13/h4,6,8,12,14H,3,5,7,9-10,16H2,1-2H3. The zero-order valence-corrected chi connectivity index (χ0v) is 11.8. The molecule has 2 rings (SSSR count). The van der Waals surface area contributed by atoms with E-state index in [-0.39, 0.29) is 11.9 Å². The average Bonchev–Trinajstić information content (AvgIpc) is 2.88. The zero-order chi connectivity index (χ0) is 13.8. The van der Waals surface area contributed by atoms with Gasteiger partial charge < -0.3 is 10.6 Å². The van der Waals surface area contributed by atoms with Crippen LogP contribution in [0, 0.1) is 12.8 Å². The molecule has 0 aromatic carbocycles. The molecule has 1 aromatic heterocycles. The number of nitrogens with zero attached hydrogens (tertiary/aromatic N) is 2. The van der Waals surface area contributed by atoms with Gasteiger partial charge in [0.1, 0.15) is 5.69 Å². The molecule has 104 valence electrons. The second kappa shape index (κ2) is 6.15. The first-order valence-electron chi connectivity index (χ1n) is 7.12. The minimum Gasteiger partial charge on any atom is -0.334 e. The minimum atomic E-state index is 0.0385. The Morgan fingerprint density at radius 2 is 2.26 bits per heavy atom. The van der Waals surface area contributed by atoms with E-state index in [2.05, 4.69) is 4.98 Å². The Hall–Kier alpha value is -1.42. The van der Waals surface area contributed by atoms with Crippen molar-refractivity contribution in [2.24, 2.45) is 11.7 Å². The third-order valence-electron chi connectivity index (χ3n) is 4.03. The van der Waals surface area contributed by atoms with E-state index in [4.69, 9.17) is 5.73 Å². The molecular weight excluding hydrogens is 238 g/mol. The topological polar surface area (TPSA) is 59.2 Å². The van der Waals surface area contributed by atoms with E-state index in [1.54, 1.807) is 6.07 Å². The van der Waals surface area contributed by atoms with Crippen LogP contribution in [-0.4, -0.2) is 34.9 Å². The smallest absolute Gasteiger partial charge is 0.272 e. The summed E-state index contributed by atoms with van der Waals surface area (Å²) in [6.07, 6.45) is 3.36. The van der Waals surface area contributed by atoms with E-state index in [9.17, 15) is 4.79 Å². The van der Waals surface area contributed by atoms with Gasteiger partial charge in [0.2, 0.25) is 0 Å². The molecule has 0 spiro atoms. The average molecular weight is 261 g/mol. The van der Waals surface area contributed by atoms with E-state index < -0.39 is 0 Å². The zero-order valence-electron chi connectivity index (χ0n) is 11.8. The second-order valence-electron chi connectivity index (χ2n) is 5.25. The Bertz CT molecular complexity index is 447. The van der Waals surface area contributed by atoms with Crippen molar-refractivity contribution in [2.75, 3.05) is 13.1 Å². The lowest BCUT2D eigenvalue weighted by Crippen LogP contribution is -2.44. The van der Waals surface area contributed by atoms with Crippen LogP contribution >= 0.6 is 0 Å². The molecule has 1 aromatic rings. The van der Waals surface area contributed by atoms with Gasteiger partial charge in [-0.3, -0.25) is 4.79 Å². The maximum atomic E-state index is 12.6. The lowest BCUT2D eigenvalue weighted by Gasteiger charge is -2.31. The van der Waals surface area contributed by atoms with Crippen LogP contribution < -0.4 is 5.73 Å². The fourth-order valence-corrected chi connectivity index (χ4v) is 3.04. The largest absolute Gasteiger partial charge is 0.334 e. The number of rotatable bonds is 4. The summed E-state index contributed by atoms with van der Waals surface area (Å²) in [5.74, 6) is 0.477. The molecule has 0 saturated heterocycles. The molecule has 2 atom stereocenters. The predicted octanol–water partition coefficient (Wildman–Crippen LogP) is 1.98. The molecule has 0 radical (unpaired) electrons. The predicted molar refractivity (Wildman–Crippen MR) is 75.9 cm³/mol. The van der Waals surface area contributed by atoms with Gasteiger partial charge in [0.05, 0.1) is 0 Å². The molecule has 1 fully saturated rings. The Balaban J connectivity index is 2.19. The van der Waals surface area contributed by atoms with Crippen molar-refractivity contribution < 1.29 is 4.79 Å². The second-order valence-corrected chi connectivity index (χ2v) is 5.25. The molecule has 1 heterocycles. The highest BCUT2D eigenvalue weighted by Gasteiger charge is 2.33. The van der Waals surface area contributed by atoms with Gasteiger partial charge in [0.15, 0.2) is 0 Å². The van der Waals surface area contributed by atoms with Gasteiger partial charge in [-0.25, -0.2) is 4.98 Å². The van der Waals surface area contributed by atoms with Crippen molar-refractivity contribution in [1.82, 2.24) is 9.88 Å². The van der Waals surface area contributed by atoms with E-state index in [0.29, 0.717) is 18.2 Å². The van der Waals surface area contributed by atoms with E-state index >= 15 is 0 Å². The number of aryl methyl sites for hydroxylation is 1. The Morgan fingerprint density at radius 1 is 1.47 bits per heavy atom. The number of nitrogens with two attached hydrogens (primary N) is 1. The van der Waals surface area contributed by atoms with Gasteiger partial charge in [0, 0.05) is 18.3 Å². The van der Waals surface area contributed by atoms with Crippen LogP contribution in [0.2, 0.25) is 0 Å². The SMILES string of the molecule is CCN(C(=O)c1cccc(C)n1)C1CCCC1CN. The minimum absolute atomic E-state index is 0.0385. The number of aromatic nitrogens is 1. The van der Waals surface area contributed by atoms with Crippen molar-refractivity contribution in [1.29, 1.82) is 0 Å². The van der Waals surface area contributed by atoms with Crippen molar-refractivity contribution in [3.63, 3.8) is 0 Å². The van der Waals surface area contributed by atoms with Crippen molar-refractivity contribution >= 4 is 5.91 Å². The summed E-state index contributed by atoms with van der Waals surface area (Å²) < 4.78 is 0. The molecule has 1 aliphatic carbocycles. The van der Waals surface area contributed by atoms with Gasteiger partial charge >= 0.3 is 0 Å². The molecule has 19 heavy (non-hydrogen) atoms. The number of pyridine rings is 1. The van der Waals surface area contributed by atoms with Gasteiger partial charge in [0.25, 0.3) is 5.91 Å². The molecule has 4 nitrogen and oxygen atoms in total. The summed E-state index contributed by atoms with van der Waals surface area (Å²) in [7, 11) is 0. The first-order valence-corrected chi connectivity index (χ1v) is 7.12. The maximum absolute atomic E-state index is 12.6. The van der Waals surface area contributed by atoms with E-state index in [1.807, 2.05) is 30.9 Å². The van der Waals surface area contributed by atoms with Crippen LogP contribution in [0.5, 0.6) is 0 Å². The van der Waals surface area contributed by atoms with Crippen molar-refractivity contribution in [3.8, 4) is 0 Å². The Labute approximate surface area is 115 Å². The van der Waals surface area contributed by atoms with Crippen LogP contribution in [0.25, 0.3) is 0 Å². The van der Waals surface area contributed by atoms with Crippen molar-refractivity contribution in [3.05, 3.63) is 29.6 Å². The number of hydrogen-bond acceptors (Lipinski definition) is 3. The molecule has 2 N–H and O–H groups in total. The first-order chi connectivity index (χ1) is 9.17. The summed E-state index contributed by atoms with van der Waals surface area (Å²) in [6, 6.07) is 5.87. The Morgan fingerprint density at radius 3 is 2.89 bits per heavy atom. The van der Waals surface area contributed by atoms with Gasteiger partial charge in [-0.05, 0) is 51.3 Å². The summed E-state index contributed by atoms with van der Waals surface area (Å²) in [5.41, 5.74) is 7.25. The maximum Gasteiger partial charge on any atom is 0.272 e. The van der Waals surface area contributed by atoms with Crippen LogP contribution in [0.4, 0.5) is 0 Å². The number of carbonyl (C=O) groups is 1. The summed E-state index contributed by atoms with van der Waals surface area (Å²) in [5, 5.41) is 0.